The molecule has 3 aromatic rings. The van der Waals surface area contributed by atoms with E-state index in [1.807, 2.05) is 29.6 Å². The molecule has 5 nitrogen and oxygen atoms in total. The Kier molecular flexibility index (Phi) is 9.66. The third kappa shape index (κ3) is 7.39. The van der Waals surface area contributed by atoms with E-state index in [4.69, 9.17) is 4.98 Å². The molecule has 2 unspecified atom stereocenters. The van der Waals surface area contributed by atoms with E-state index >= 15 is 0 Å². The van der Waals surface area contributed by atoms with E-state index in [0.717, 1.165) is 66.8 Å². The van der Waals surface area contributed by atoms with E-state index in [-0.39, 0.29) is 11.8 Å². The first-order chi connectivity index (χ1) is 18.1. The van der Waals surface area contributed by atoms with E-state index in [2.05, 4.69) is 48.4 Å². The van der Waals surface area contributed by atoms with Crippen LogP contribution in [0.5, 0.6) is 0 Å². The molecule has 0 spiro atoms. The van der Waals surface area contributed by atoms with Crippen molar-refractivity contribution in [3.63, 3.8) is 0 Å². The summed E-state index contributed by atoms with van der Waals surface area (Å²) in [4.78, 5) is 29.8. The van der Waals surface area contributed by atoms with Gasteiger partial charge in [-0.25, -0.2) is 4.98 Å². The quantitative estimate of drug-likeness (QED) is 0.219. The maximum Gasteiger partial charge on any atom is 0.275 e. The van der Waals surface area contributed by atoms with E-state index in [1.165, 1.54) is 5.56 Å². The highest BCUT2D eigenvalue weighted by molar-refractivity contribution is 7.10. The second kappa shape index (κ2) is 13.3. The van der Waals surface area contributed by atoms with Gasteiger partial charge in [0, 0.05) is 35.5 Å². The van der Waals surface area contributed by atoms with Crippen molar-refractivity contribution in [1.29, 1.82) is 0 Å². The number of hydrogen-bond acceptors (Lipinski definition) is 4. The summed E-state index contributed by atoms with van der Waals surface area (Å²) in [6.45, 7) is 6.32. The largest absolute Gasteiger partial charge is 0.353 e. The minimum absolute atomic E-state index is 0.107. The number of hydrogen-bond donors (Lipinski definition) is 2. The number of carbonyl (C=O) groups excluding carboxylic acids is 2. The smallest absolute Gasteiger partial charge is 0.275 e. The number of para-hydroxylation sites is 1. The Balaban J connectivity index is 1.35. The lowest BCUT2D eigenvalue weighted by Crippen LogP contribution is -2.23. The standard InChI is InChI=1S/C31H37N3O2S/c1-3-20-32-29(35)19-15-23-8-7-9-25(18-14-23)31-34-28(21-37-31)30(36)33-27-11-6-5-10-26(27)24-16-12-22(4-2)13-17-24/h3,5-6,10-13,16-17,21,23,25H,1,4,7-9,14-15,18-20H2,2H3,(H,32,35)(H,33,36). The summed E-state index contributed by atoms with van der Waals surface area (Å²) in [6, 6.07) is 16.4. The zero-order chi connectivity index (χ0) is 26.0. The van der Waals surface area contributed by atoms with Crippen molar-refractivity contribution >= 4 is 28.8 Å². The molecule has 1 saturated carbocycles. The topological polar surface area (TPSA) is 71.1 Å². The Hall–Kier alpha value is -3.25. The number of aryl methyl sites for hydroxylation is 1. The zero-order valence-corrected chi connectivity index (χ0v) is 22.5. The molecular weight excluding hydrogens is 478 g/mol. The van der Waals surface area contributed by atoms with Gasteiger partial charge in [-0.3, -0.25) is 9.59 Å². The van der Waals surface area contributed by atoms with Gasteiger partial charge in [-0.15, -0.1) is 17.9 Å². The van der Waals surface area contributed by atoms with Gasteiger partial charge in [0.1, 0.15) is 5.69 Å². The first-order valence-corrected chi connectivity index (χ1v) is 14.3. The molecule has 0 aliphatic heterocycles. The SMILES string of the molecule is C=CCNC(=O)CCC1CCCC(c2nc(C(=O)Nc3ccccc3-c3ccc(CC)cc3)cs2)CC1. The lowest BCUT2D eigenvalue weighted by Gasteiger charge is -2.14. The number of thiazole rings is 1. The second-order valence-corrected chi connectivity index (χ2v) is 10.7. The number of nitrogens with zero attached hydrogens (tertiary/aromatic N) is 1. The summed E-state index contributed by atoms with van der Waals surface area (Å²) in [5, 5.41) is 8.90. The molecule has 0 radical (unpaired) electrons. The van der Waals surface area contributed by atoms with Crippen molar-refractivity contribution in [3.8, 4) is 11.1 Å². The first kappa shape index (κ1) is 26.8. The number of nitrogens with one attached hydrogen (secondary N) is 2. The van der Waals surface area contributed by atoms with Crippen LogP contribution in [0.1, 0.15) is 78.8 Å². The van der Waals surface area contributed by atoms with E-state index in [9.17, 15) is 9.59 Å². The van der Waals surface area contributed by atoms with Crippen LogP contribution in [0.25, 0.3) is 11.1 Å². The average Bonchev–Trinajstić information content (AvgIpc) is 3.31. The Morgan fingerprint density at radius 1 is 1.08 bits per heavy atom. The number of amides is 2. The molecule has 0 bridgehead atoms. The molecule has 2 atom stereocenters. The summed E-state index contributed by atoms with van der Waals surface area (Å²) >= 11 is 1.59. The highest BCUT2D eigenvalue weighted by atomic mass is 32.1. The molecule has 2 aromatic carbocycles. The fraction of sp³-hybridized carbons (Fsp3) is 0.387. The fourth-order valence-corrected chi connectivity index (χ4v) is 6.02. The molecule has 1 aromatic heterocycles. The van der Waals surface area contributed by atoms with Crippen molar-refractivity contribution in [2.24, 2.45) is 5.92 Å². The highest BCUT2D eigenvalue weighted by Gasteiger charge is 2.24. The number of anilines is 1. The minimum Gasteiger partial charge on any atom is -0.353 e. The summed E-state index contributed by atoms with van der Waals surface area (Å²) < 4.78 is 0. The molecule has 37 heavy (non-hydrogen) atoms. The van der Waals surface area contributed by atoms with Crippen LogP contribution < -0.4 is 10.6 Å². The maximum absolute atomic E-state index is 13.1. The second-order valence-electron chi connectivity index (χ2n) is 9.82. The van der Waals surface area contributed by atoms with E-state index in [0.29, 0.717) is 30.5 Å². The van der Waals surface area contributed by atoms with Gasteiger partial charge < -0.3 is 10.6 Å². The molecule has 194 valence electrons. The predicted molar refractivity (Wildman–Crippen MR) is 153 cm³/mol. The van der Waals surface area contributed by atoms with Crippen molar-refractivity contribution in [2.45, 2.75) is 64.2 Å². The fourth-order valence-electron chi connectivity index (χ4n) is 5.05. The van der Waals surface area contributed by atoms with Gasteiger partial charge in [0.2, 0.25) is 5.91 Å². The van der Waals surface area contributed by atoms with Crippen molar-refractivity contribution in [3.05, 3.63) is 82.8 Å². The lowest BCUT2D eigenvalue weighted by atomic mass is 9.94. The number of benzene rings is 2. The molecular formula is C31H37N3O2S. The Morgan fingerprint density at radius 3 is 2.68 bits per heavy atom. The average molecular weight is 516 g/mol. The van der Waals surface area contributed by atoms with Gasteiger partial charge in [0.05, 0.1) is 5.01 Å². The van der Waals surface area contributed by atoms with Gasteiger partial charge >= 0.3 is 0 Å². The molecule has 1 heterocycles. The van der Waals surface area contributed by atoms with Crippen LogP contribution in [0.15, 0.2) is 66.6 Å². The number of carbonyl (C=O) groups is 2. The van der Waals surface area contributed by atoms with Crippen LogP contribution in [0.2, 0.25) is 0 Å². The Labute approximate surface area is 224 Å². The molecule has 0 saturated heterocycles. The van der Waals surface area contributed by atoms with Crippen LogP contribution >= 0.6 is 11.3 Å². The van der Waals surface area contributed by atoms with Crippen LogP contribution in [0.3, 0.4) is 0 Å². The van der Waals surface area contributed by atoms with Gasteiger partial charge in [0.15, 0.2) is 0 Å². The number of aromatic nitrogens is 1. The van der Waals surface area contributed by atoms with Crippen LogP contribution in [-0.4, -0.2) is 23.3 Å². The monoisotopic (exact) mass is 515 g/mol. The van der Waals surface area contributed by atoms with E-state index < -0.39 is 0 Å². The summed E-state index contributed by atoms with van der Waals surface area (Å²) in [7, 11) is 0. The van der Waals surface area contributed by atoms with Gasteiger partial charge in [-0.2, -0.15) is 0 Å². The summed E-state index contributed by atoms with van der Waals surface area (Å²) in [5.74, 6) is 0.897. The molecule has 2 N–H and O–H groups in total. The van der Waals surface area contributed by atoms with Crippen molar-refractivity contribution < 1.29 is 9.59 Å². The third-order valence-electron chi connectivity index (χ3n) is 7.26. The summed E-state index contributed by atoms with van der Waals surface area (Å²) in [6.07, 6.45) is 9.76. The van der Waals surface area contributed by atoms with E-state index in [1.54, 1.807) is 17.4 Å². The lowest BCUT2D eigenvalue weighted by molar-refractivity contribution is -0.121. The Morgan fingerprint density at radius 2 is 1.89 bits per heavy atom. The molecule has 1 aliphatic rings. The zero-order valence-electron chi connectivity index (χ0n) is 21.7. The summed E-state index contributed by atoms with van der Waals surface area (Å²) in [5.41, 5.74) is 4.65. The van der Waals surface area contributed by atoms with Gasteiger partial charge in [-0.1, -0.05) is 68.3 Å². The maximum atomic E-state index is 13.1. The predicted octanol–water partition coefficient (Wildman–Crippen LogP) is 7.37. The van der Waals surface area contributed by atoms with Crippen molar-refractivity contribution in [2.75, 3.05) is 11.9 Å². The molecule has 2 amide bonds. The normalized spacial score (nSPS) is 17.5. The first-order valence-electron chi connectivity index (χ1n) is 13.4. The van der Waals surface area contributed by atoms with Crippen LogP contribution in [0, 0.1) is 5.92 Å². The van der Waals surface area contributed by atoms with Crippen LogP contribution in [0.4, 0.5) is 5.69 Å². The van der Waals surface area contributed by atoms with Crippen molar-refractivity contribution in [1.82, 2.24) is 10.3 Å². The van der Waals surface area contributed by atoms with Gasteiger partial charge in [-0.05, 0) is 55.2 Å². The Bertz CT molecular complexity index is 1200. The molecule has 1 fully saturated rings. The molecule has 4 rings (SSSR count). The molecule has 6 heteroatoms. The number of rotatable bonds is 10. The van der Waals surface area contributed by atoms with Gasteiger partial charge in [0.25, 0.3) is 5.91 Å². The van der Waals surface area contributed by atoms with Crippen LogP contribution in [-0.2, 0) is 11.2 Å². The third-order valence-corrected chi connectivity index (χ3v) is 8.27. The minimum atomic E-state index is -0.169. The molecule has 1 aliphatic carbocycles. The highest BCUT2D eigenvalue weighted by Crippen LogP contribution is 2.37.